The molecule has 0 radical (unpaired) electrons. The summed E-state index contributed by atoms with van der Waals surface area (Å²) in [5.74, 6) is -0.189. The summed E-state index contributed by atoms with van der Waals surface area (Å²) in [6, 6.07) is 14.4. The Morgan fingerprint density at radius 3 is 2.19 bits per heavy atom. The Bertz CT molecular complexity index is 769. The monoisotopic (exact) mass is 385 g/mol. The summed E-state index contributed by atoms with van der Waals surface area (Å²) in [4.78, 5) is 24.3. The zero-order valence-electron chi connectivity index (χ0n) is 15.1. The lowest BCUT2D eigenvalue weighted by Crippen LogP contribution is -2.36. The van der Waals surface area contributed by atoms with E-state index in [1.807, 2.05) is 12.1 Å². The van der Waals surface area contributed by atoms with Crippen LogP contribution in [0, 0.1) is 0 Å². The lowest BCUT2D eigenvalue weighted by atomic mass is 9.95. The van der Waals surface area contributed by atoms with Crippen LogP contribution in [0.5, 0.6) is 0 Å². The number of anilines is 2. The molecule has 5 nitrogen and oxygen atoms in total. The molecule has 0 unspecified atom stereocenters. The van der Waals surface area contributed by atoms with Crippen molar-refractivity contribution >= 4 is 34.8 Å². The van der Waals surface area contributed by atoms with Crippen LogP contribution in [-0.4, -0.2) is 24.4 Å². The van der Waals surface area contributed by atoms with Crippen LogP contribution in [0.1, 0.15) is 42.5 Å². The number of amides is 2. The van der Waals surface area contributed by atoms with Crippen molar-refractivity contribution in [3.05, 3.63) is 59.1 Å². The van der Waals surface area contributed by atoms with E-state index in [0.717, 1.165) is 18.5 Å². The van der Waals surface area contributed by atoms with Crippen LogP contribution in [0.3, 0.4) is 0 Å². The number of carbonyl (C=O) groups excluding carboxylic acids is 2. The number of hydrogen-bond donors (Lipinski definition) is 3. The van der Waals surface area contributed by atoms with Crippen LogP contribution in [-0.2, 0) is 4.79 Å². The first-order valence-corrected chi connectivity index (χ1v) is 9.68. The first-order valence-electron chi connectivity index (χ1n) is 9.30. The minimum absolute atomic E-state index is 0.0334. The minimum Gasteiger partial charge on any atom is -0.376 e. The zero-order valence-corrected chi connectivity index (χ0v) is 15.9. The summed E-state index contributed by atoms with van der Waals surface area (Å²) in [6.45, 7) is 0.135. The molecular weight excluding hydrogens is 362 g/mol. The first-order chi connectivity index (χ1) is 13.1. The van der Waals surface area contributed by atoms with E-state index in [4.69, 9.17) is 11.6 Å². The molecule has 6 heteroatoms. The van der Waals surface area contributed by atoms with Gasteiger partial charge in [-0.1, -0.05) is 30.9 Å². The Morgan fingerprint density at radius 2 is 1.52 bits per heavy atom. The Balaban J connectivity index is 1.46. The standard InChI is InChI=1S/C21H24ClN3O2/c22-16-8-12-19(13-9-16)24-20(26)14-23-17-10-6-15(7-11-17)21(27)25-18-4-2-1-3-5-18/h6-13,18,23H,1-5,14H2,(H,24,26)(H,25,27). The molecule has 0 heterocycles. The summed E-state index contributed by atoms with van der Waals surface area (Å²) in [6.07, 6.45) is 5.76. The molecule has 0 atom stereocenters. The second-order valence-corrected chi connectivity index (χ2v) is 7.23. The van der Waals surface area contributed by atoms with Gasteiger partial charge in [-0.25, -0.2) is 0 Å². The van der Waals surface area contributed by atoms with Gasteiger partial charge >= 0.3 is 0 Å². The largest absolute Gasteiger partial charge is 0.376 e. The number of hydrogen-bond acceptors (Lipinski definition) is 3. The molecular formula is C21H24ClN3O2. The van der Waals surface area contributed by atoms with Gasteiger partial charge in [0, 0.05) is 28.0 Å². The molecule has 3 N–H and O–H groups in total. The molecule has 0 bridgehead atoms. The van der Waals surface area contributed by atoms with E-state index in [1.54, 1.807) is 36.4 Å². The van der Waals surface area contributed by atoms with Gasteiger partial charge in [0.2, 0.25) is 5.91 Å². The number of carbonyl (C=O) groups is 2. The van der Waals surface area contributed by atoms with Crippen molar-refractivity contribution in [1.29, 1.82) is 0 Å². The molecule has 1 aliphatic carbocycles. The smallest absolute Gasteiger partial charge is 0.251 e. The molecule has 1 saturated carbocycles. The van der Waals surface area contributed by atoms with Crippen molar-refractivity contribution < 1.29 is 9.59 Å². The lowest BCUT2D eigenvalue weighted by molar-refractivity contribution is -0.114. The quantitative estimate of drug-likeness (QED) is 0.687. The summed E-state index contributed by atoms with van der Waals surface area (Å²) in [5.41, 5.74) is 2.12. The lowest BCUT2D eigenvalue weighted by Gasteiger charge is -2.22. The molecule has 2 amide bonds. The second-order valence-electron chi connectivity index (χ2n) is 6.79. The molecule has 0 saturated heterocycles. The molecule has 0 aromatic heterocycles. The highest BCUT2D eigenvalue weighted by Crippen LogP contribution is 2.18. The van der Waals surface area contributed by atoms with Crippen LogP contribution in [0.2, 0.25) is 5.02 Å². The highest BCUT2D eigenvalue weighted by molar-refractivity contribution is 6.30. The number of nitrogens with one attached hydrogen (secondary N) is 3. The Hall–Kier alpha value is -2.53. The normalized spacial score (nSPS) is 14.4. The second kappa shape index (κ2) is 9.42. The molecule has 0 aliphatic heterocycles. The van der Waals surface area contributed by atoms with E-state index >= 15 is 0 Å². The molecule has 142 valence electrons. The highest BCUT2D eigenvalue weighted by Gasteiger charge is 2.16. The third-order valence-corrected chi connectivity index (χ3v) is 4.92. The van der Waals surface area contributed by atoms with Crippen LogP contribution >= 0.6 is 11.6 Å². The maximum Gasteiger partial charge on any atom is 0.251 e. The van der Waals surface area contributed by atoms with E-state index in [-0.39, 0.29) is 18.4 Å². The molecule has 0 spiro atoms. The average molecular weight is 386 g/mol. The van der Waals surface area contributed by atoms with E-state index in [2.05, 4.69) is 16.0 Å². The summed E-state index contributed by atoms with van der Waals surface area (Å²) in [7, 11) is 0. The van der Waals surface area contributed by atoms with E-state index in [1.165, 1.54) is 19.3 Å². The fraction of sp³-hybridized carbons (Fsp3) is 0.333. The van der Waals surface area contributed by atoms with Gasteiger partial charge in [0.25, 0.3) is 5.91 Å². The zero-order chi connectivity index (χ0) is 19.1. The van der Waals surface area contributed by atoms with Crippen LogP contribution in [0.25, 0.3) is 0 Å². The van der Waals surface area contributed by atoms with E-state index < -0.39 is 0 Å². The summed E-state index contributed by atoms with van der Waals surface area (Å²) >= 11 is 5.83. The third-order valence-electron chi connectivity index (χ3n) is 4.67. The Kier molecular flexibility index (Phi) is 6.71. The third kappa shape index (κ3) is 6.00. The van der Waals surface area contributed by atoms with Gasteiger partial charge in [-0.2, -0.15) is 0 Å². The van der Waals surface area contributed by atoms with Crippen molar-refractivity contribution in [2.45, 2.75) is 38.1 Å². The molecule has 2 aromatic rings. The van der Waals surface area contributed by atoms with Crippen molar-refractivity contribution in [2.75, 3.05) is 17.2 Å². The van der Waals surface area contributed by atoms with Gasteiger partial charge < -0.3 is 16.0 Å². The predicted molar refractivity (Wildman–Crippen MR) is 109 cm³/mol. The van der Waals surface area contributed by atoms with Crippen molar-refractivity contribution in [3.8, 4) is 0 Å². The molecule has 1 fully saturated rings. The summed E-state index contributed by atoms with van der Waals surface area (Å²) in [5, 5.41) is 9.57. The number of benzene rings is 2. The number of rotatable bonds is 6. The van der Waals surface area contributed by atoms with Gasteiger partial charge in [-0.05, 0) is 61.4 Å². The van der Waals surface area contributed by atoms with E-state index in [9.17, 15) is 9.59 Å². The van der Waals surface area contributed by atoms with Crippen molar-refractivity contribution in [1.82, 2.24) is 5.32 Å². The number of halogens is 1. The molecule has 27 heavy (non-hydrogen) atoms. The molecule has 2 aromatic carbocycles. The topological polar surface area (TPSA) is 70.2 Å². The van der Waals surface area contributed by atoms with Crippen molar-refractivity contribution in [2.24, 2.45) is 0 Å². The first kappa shape index (κ1) is 19.2. The molecule has 3 rings (SSSR count). The van der Waals surface area contributed by atoms with Gasteiger partial charge in [-0.3, -0.25) is 9.59 Å². The maximum absolute atomic E-state index is 12.3. The average Bonchev–Trinajstić information content (AvgIpc) is 2.69. The Morgan fingerprint density at radius 1 is 0.889 bits per heavy atom. The predicted octanol–water partition coefficient (Wildman–Crippen LogP) is 4.45. The fourth-order valence-corrected chi connectivity index (χ4v) is 3.30. The van der Waals surface area contributed by atoms with E-state index in [0.29, 0.717) is 22.3 Å². The summed E-state index contributed by atoms with van der Waals surface area (Å²) < 4.78 is 0. The SMILES string of the molecule is O=C(CNc1ccc(C(=O)NC2CCCCC2)cc1)Nc1ccc(Cl)cc1. The van der Waals surface area contributed by atoms with Gasteiger partial charge in [0.1, 0.15) is 0 Å². The van der Waals surface area contributed by atoms with Crippen molar-refractivity contribution in [3.63, 3.8) is 0 Å². The van der Waals surface area contributed by atoms with Crippen LogP contribution in [0.4, 0.5) is 11.4 Å². The fourth-order valence-electron chi connectivity index (χ4n) is 3.18. The van der Waals surface area contributed by atoms with Gasteiger partial charge in [0.15, 0.2) is 0 Å². The van der Waals surface area contributed by atoms with Gasteiger partial charge in [0.05, 0.1) is 6.54 Å². The highest BCUT2D eigenvalue weighted by atomic mass is 35.5. The Labute approximate surface area is 164 Å². The molecule has 1 aliphatic rings. The maximum atomic E-state index is 12.3. The van der Waals surface area contributed by atoms with Gasteiger partial charge in [-0.15, -0.1) is 0 Å². The van der Waals surface area contributed by atoms with Crippen LogP contribution < -0.4 is 16.0 Å². The minimum atomic E-state index is -0.156. The van der Waals surface area contributed by atoms with Crippen LogP contribution in [0.15, 0.2) is 48.5 Å².